The third kappa shape index (κ3) is 5.69. The predicted molar refractivity (Wildman–Crippen MR) is 113 cm³/mol. The molecule has 0 bridgehead atoms. The summed E-state index contributed by atoms with van der Waals surface area (Å²) in [6, 6.07) is 13.3. The van der Waals surface area contributed by atoms with Crippen LogP contribution < -0.4 is 0 Å². The first-order chi connectivity index (χ1) is 14.0. The summed E-state index contributed by atoms with van der Waals surface area (Å²) < 4.78 is 4.82. The zero-order valence-corrected chi connectivity index (χ0v) is 17.3. The highest BCUT2D eigenvalue weighted by Crippen LogP contribution is 2.18. The Balaban J connectivity index is 2.27. The number of hydrogen-bond acceptors (Lipinski definition) is 6. The highest BCUT2D eigenvalue weighted by atomic mass is 16.6. The van der Waals surface area contributed by atoms with E-state index in [1.165, 1.54) is 14.2 Å². The van der Waals surface area contributed by atoms with Crippen LogP contribution in [0.5, 0.6) is 0 Å². The monoisotopic (exact) mass is 392 g/mol. The number of benzene rings is 2. The van der Waals surface area contributed by atoms with Gasteiger partial charge in [-0.1, -0.05) is 46.6 Å². The quantitative estimate of drug-likeness (QED) is 0.311. The van der Waals surface area contributed by atoms with Crippen LogP contribution in [0.3, 0.4) is 0 Å². The van der Waals surface area contributed by atoms with Gasteiger partial charge in [0.05, 0.1) is 12.8 Å². The molecule has 6 nitrogen and oxygen atoms in total. The molecule has 29 heavy (non-hydrogen) atoms. The lowest BCUT2D eigenvalue weighted by Gasteiger charge is -2.12. The molecule has 0 aliphatic carbocycles. The lowest BCUT2D eigenvalue weighted by Crippen LogP contribution is -2.20. The summed E-state index contributed by atoms with van der Waals surface area (Å²) in [5.74, 6) is 5.32. The zero-order chi connectivity index (χ0) is 21.2. The van der Waals surface area contributed by atoms with Gasteiger partial charge in [0.15, 0.2) is 5.71 Å². The Labute approximate surface area is 171 Å². The summed E-state index contributed by atoms with van der Waals surface area (Å²) in [7, 11) is 2.67. The van der Waals surface area contributed by atoms with Crippen molar-refractivity contribution in [1.82, 2.24) is 0 Å². The zero-order valence-electron chi connectivity index (χ0n) is 17.3. The highest BCUT2D eigenvalue weighted by Gasteiger charge is 2.20. The second-order valence-electron chi connectivity index (χ2n) is 6.12. The second kappa shape index (κ2) is 10.7. The van der Waals surface area contributed by atoms with Crippen LogP contribution in [0, 0.1) is 18.8 Å². The maximum Gasteiger partial charge on any atom is 0.360 e. The number of rotatable bonds is 7. The molecule has 150 valence electrons. The number of esters is 1. The minimum atomic E-state index is -0.591. The molecule has 0 saturated carbocycles. The van der Waals surface area contributed by atoms with E-state index in [0.29, 0.717) is 5.56 Å². The number of carbonyl (C=O) groups is 1. The molecule has 0 aliphatic rings. The van der Waals surface area contributed by atoms with Crippen LogP contribution in [0.15, 0.2) is 52.8 Å². The Hall–Kier alpha value is -3.59. The van der Waals surface area contributed by atoms with Gasteiger partial charge in [0.1, 0.15) is 13.7 Å². The number of oxime groups is 2. The Morgan fingerprint density at radius 2 is 1.86 bits per heavy atom. The predicted octanol–water partition coefficient (Wildman–Crippen LogP) is 3.83. The summed E-state index contributed by atoms with van der Waals surface area (Å²) in [5, 5.41) is 8.05. The van der Waals surface area contributed by atoms with Crippen LogP contribution in [0.2, 0.25) is 0 Å². The fourth-order valence-electron chi connectivity index (χ4n) is 2.71. The molecule has 2 aromatic rings. The van der Waals surface area contributed by atoms with Gasteiger partial charge in [-0.15, -0.1) is 5.92 Å². The van der Waals surface area contributed by atoms with Crippen molar-refractivity contribution in [2.45, 2.75) is 27.4 Å². The first-order valence-electron chi connectivity index (χ1n) is 8.99. The van der Waals surface area contributed by atoms with Crippen LogP contribution in [0.1, 0.15) is 41.7 Å². The van der Waals surface area contributed by atoms with E-state index in [4.69, 9.17) is 14.4 Å². The Morgan fingerprint density at radius 3 is 2.55 bits per heavy atom. The van der Waals surface area contributed by atoms with Gasteiger partial charge in [-0.2, -0.15) is 0 Å². The van der Waals surface area contributed by atoms with Crippen LogP contribution in [0.4, 0.5) is 0 Å². The fourth-order valence-corrected chi connectivity index (χ4v) is 2.71. The van der Waals surface area contributed by atoms with E-state index in [-0.39, 0.29) is 12.3 Å². The van der Waals surface area contributed by atoms with E-state index < -0.39 is 5.97 Å². The van der Waals surface area contributed by atoms with Crippen molar-refractivity contribution in [2.24, 2.45) is 10.3 Å². The Morgan fingerprint density at radius 1 is 1.10 bits per heavy atom. The van der Waals surface area contributed by atoms with Gasteiger partial charge in [0.25, 0.3) is 0 Å². The van der Waals surface area contributed by atoms with E-state index in [1.54, 1.807) is 13.0 Å². The molecular weight excluding hydrogens is 368 g/mol. The molecule has 0 unspecified atom stereocenters. The number of methoxy groups -OCH3 is 1. The van der Waals surface area contributed by atoms with Crippen molar-refractivity contribution in [3.63, 3.8) is 0 Å². The number of carbonyl (C=O) groups excluding carboxylic acids is 1. The first-order valence-corrected chi connectivity index (χ1v) is 8.99. The van der Waals surface area contributed by atoms with Gasteiger partial charge in [0, 0.05) is 22.3 Å². The van der Waals surface area contributed by atoms with E-state index in [0.717, 1.165) is 28.0 Å². The van der Waals surface area contributed by atoms with Crippen molar-refractivity contribution in [3.05, 3.63) is 70.3 Å². The van der Waals surface area contributed by atoms with Gasteiger partial charge in [-0.3, -0.25) is 0 Å². The topological polar surface area (TPSA) is 69.5 Å². The van der Waals surface area contributed by atoms with Gasteiger partial charge in [0.2, 0.25) is 0 Å². The van der Waals surface area contributed by atoms with Gasteiger partial charge < -0.3 is 14.4 Å². The van der Waals surface area contributed by atoms with Crippen LogP contribution in [-0.4, -0.2) is 31.6 Å². The molecule has 0 N–H and O–H groups in total. The van der Waals surface area contributed by atoms with E-state index in [2.05, 4.69) is 22.2 Å². The average Bonchev–Trinajstić information content (AvgIpc) is 2.73. The molecule has 0 aliphatic heterocycles. The molecular formula is C23H24N2O4. The van der Waals surface area contributed by atoms with Crippen molar-refractivity contribution >= 4 is 17.4 Å². The fraction of sp³-hybridized carbons (Fsp3) is 0.261. The summed E-state index contributed by atoms with van der Waals surface area (Å²) in [4.78, 5) is 22.5. The largest absolute Gasteiger partial charge is 0.464 e. The maximum absolute atomic E-state index is 12.1. The van der Waals surface area contributed by atoms with E-state index >= 15 is 0 Å². The highest BCUT2D eigenvalue weighted by molar-refractivity contribution is 6.43. The average molecular weight is 392 g/mol. The molecule has 6 heteroatoms. The van der Waals surface area contributed by atoms with Crippen molar-refractivity contribution in [3.8, 4) is 11.8 Å². The minimum absolute atomic E-state index is 0.0730. The number of nitrogens with zero attached hydrogens (tertiary/aromatic N) is 2. The Bertz CT molecular complexity index is 997. The third-order valence-electron chi connectivity index (χ3n) is 4.19. The standard InChI is InChI=1S/C23H24N2O4/c1-6-9-18-11-8-12-19(14-18)17(3)24-29-15-21-16(2)10-7-13-20(21)22(25-28-5)23(26)27-4/h7-8,10-14H,15H2,1-5H3/b24-17+,25-22+. The molecule has 2 aromatic carbocycles. The summed E-state index contributed by atoms with van der Waals surface area (Å²) in [6.07, 6.45) is 0. The molecule has 0 aromatic heterocycles. The second-order valence-corrected chi connectivity index (χ2v) is 6.12. The summed E-state index contributed by atoms with van der Waals surface area (Å²) in [6.45, 7) is 5.75. The number of aryl methyl sites for hydroxylation is 1. The van der Waals surface area contributed by atoms with Crippen molar-refractivity contribution < 1.29 is 19.2 Å². The minimum Gasteiger partial charge on any atom is -0.464 e. The number of hydrogen-bond donors (Lipinski definition) is 0. The molecule has 2 rings (SSSR count). The normalized spacial score (nSPS) is 11.3. The van der Waals surface area contributed by atoms with Crippen LogP contribution in [0.25, 0.3) is 0 Å². The molecule has 0 radical (unpaired) electrons. The van der Waals surface area contributed by atoms with E-state index in [1.807, 2.05) is 50.2 Å². The molecule has 0 atom stereocenters. The molecule has 0 spiro atoms. The smallest absolute Gasteiger partial charge is 0.360 e. The molecule has 0 saturated heterocycles. The SMILES string of the molecule is CC#Cc1cccc(/C(C)=N/OCc2c(C)cccc2/C(=N\OC)C(=O)OC)c1. The third-order valence-corrected chi connectivity index (χ3v) is 4.19. The van der Waals surface area contributed by atoms with Crippen molar-refractivity contribution in [1.29, 1.82) is 0 Å². The molecule has 0 amide bonds. The molecule has 0 heterocycles. The van der Waals surface area contributed by atoms with Gasteiger partial charge >= 0.3 is 5.97 Å². The lowest BCUT2D eigenvalue weighted by molar-refractivity contribution is -0.132. The van der Waals surface area contributed by atoms with E-state index in [9.17, 15) is 4.79 Å². The molecule has 0 fully saturated rings. The van der Waals surface area contributed by atoms with Crippen molar-refractivity contribution in [2.75, 3.05) is 14.2 Å². The van der Waals surface area contributed by atoms with Crippen LogP contribution in [-0.2, 0) is 25.8 Å². The van der Waals surface area contributed by atoms with Gasteiger partial charge in [-0.05, 0) is 38.5 Å². The number of ether oxygens (including phenoxy) is 1. The van der Waals surface area contributed by atoms with Gasteiger partial charge in [-0.25, -0.2) is 4.79 Å². The van der Waals surface area contributed by atoms with Crippen LogP contribution >= 0.6 is 0 Å². The Kier molecular flexibility index (Phi) is 7.99. The first kappa shape index (κ1) is 21.7. The summed E-state index contributed by atoms with van der Waals surface area (Å²) in [5.41, 5.74) is 4.92. The maximum atomic E-state index is 12.1. The summed E-state index contributed by atoms with van der Waals surface area (Å²) >= 11 is 0. The lowest BCUT2D eigenvalue weighted by atomic mass is 9.99.